The molecule has 1 N–H and O–H groups in total. The Labute approximate surface area is 89.2 Å². The van der Waals surface area contributed by atoms with E-state index in [9.17, 15) is 4.79 Å². The molecule has 15 heavy (non-hydrogen) atoms. The lowest BCUT2D eigenvalue weighted by Crippen LogP contribution is -2.45. The number of aromatic nitrogens is 1. The fourth-order valence-corrected chi connectivity index (χ4v) is 1.81. The van der Waals surface area contributed by atoms with Crippen LogP contribution in [-0.4, -0.2) is 48.0 Å². The second kappa shape index (κ2) is 4.59. The lowest BCUT2D eigenvalue weighted by molar-refractivity contribution is -0.0150. The topological polar surface area (TPSA) is 45.3 Å². The van der Waals surface area contributed by atoms with Crippen LogP contribution in [0, 0.1) is 0 Å². The Morgan fingerprint density at radius 1 is 1.73 bits per heavy atom. The summed E-state index contributed by atoms with van der Waals surface area (Å²) in [6.07, 6.45) is 1.45. The smallest absolute Gasteiger partial charge is 0.208 e. The number of nitrogens with zero attached hydrogens (tertiary/aromatic N) is 1. The molecule has 82 valence electrons. The van der Waals surface area contributed by atoms with E-state index in [1.807, 2.05) is 6.07 Å². The summed E-state index contributed by atoms with van der Waals surface area (Å²) in [6, 6.07) is 3.62. The van der Waals surface area contributed by atoms with E-state index in [1.165, 1.54) is 0 Å². The molecule has 1 fully saturated rings. The number of aromatic amines is 1. The molecule has 1 aliphatic rings. The molecule has 0 bridgehead atoms. The Morgan fingerprint density at radius 2 is 2.60 bits per heavy atom. The predicted molar refractivity (Wildman–Crippen MR) is 57.0 cm³/mol. The molecule has 0 amide bonds. The van der Waals surface area contributed by atoms with Gasteiger partial charge in [-0.05, 0) is 18.7 Å². The van der Waals surface area contributed by atoms with E-state index in [0.717, 1.165) is 13.1 Å². The fourth-order valence-electron chi connectivity index (χ4n) is 1.81. The van der Waals surface area contributed by atoms with Crippen molar-refractivity contribution in [1.82, 2.24) is 9.88 Å². The molecule has 0 saturated carbocycles. The lowest BCUT2D eigenvalue weighted by Gasteiger charge is -2.30. The molecule has 0 radical (unpaired) electrons. The number of morpholine rings is 1. The number of likely N-dealkylation sites (N-methyl/N-ethyl adjacent to an activating group) is 1. The molecule has 1 aromatic rings. The van der Waals surface area contributed by atoms with Crippen molar-refractivity contribution in [2.45, 2.75) is 13.0 Å². The van der Waals surface area contributed by atoms with E-state index in [-0.39, 0.29) is 11.9 Å². The Bertz CT molecular complexity index is 321. The SMILES string of the molecule is CCN1CCOC(C(=O)c2ccc[nH]2)C1. The number of rotatable bonds is 3. The maximum absolute atomic E-state index is 11.9. The van der Waals surface area contributed by atoms with E-state index in [4.69, 9.17) is 4.74 Å². The van der Waals surface area contributed by atoms with Gasteiger partial charge in [-0.2, -0.15) is 0 Å². The van der Waals surface area contributed by atoms with E-state index in [1.54, 1.807) is 12.3 Å². The van der Waals surface area contributed by atoms with Gasteiger partial charge in [0.2, 0.25) is 5.78 Å². The van der Waals surface area contributed by atoms with Gasteiger partial charge >= 0.3 is 0 Å². The summed E-state index contributed by atoms with van der Waals surface area (Å²) in [5.74, 6) is 0.0538. The van der Waals surface area contributed by atoms with Gasteiger partial charge in [0.15, 0.2) is 0 Å². The molecule has 1 aliphatic heterocycles. The van der Waals surface area contributed by atoms with Crippen LogP contribution in [0.3, 0.4) is 0 Å². The number of Topliss-reactive ketones (excluding diaryl/α,β-unsaturated/α-hetero) is 1. The van der Waals surface area contributed by atoms with Gasteiger partial charge in [-0.3, -0.25) is 9.69 Å². The highest BCUT2D eigenvalue weighted by Crippen LogP contribution is 2.10. The summed E-state index contributed by atoms with van der Waals surface area (Å²) < 4.78 is 5.48. The maximum Gasteiger partial charge on any atom is 0.208 e. The van der Waals surface area contributed by atoms with Crippen molar-refractivity contribution in [3.63, 3.8) is 0 Å². The van der Waals surface area contributed by atoms with Crippen LogP contribution in [-0.2, 0) is 4.74 Å². The molecule has 1 aromatic heterocycles. The third kappa shape index (κ3) is 2.27. The number of ether oxygens (including phenoxy) is 1. The number of ketones is 1. The zero-order chi connectivity index (χ0) is 10.7. The summed E-state index contributed by atoms with van der Waals surface area (Å²) in [4.78, 5) is 17.1. The van der Waals surface area contributed by atoms with E-state index in [2.05, 4.69) is 16.8 Å². The minimum absolute atomic E-state index is 0.0538. The molecular weight excluding hydrogens is 192 g/mol. The van der Waals surface area contributed by atoms with Crippen LogP contribution in [0.5, 0.6) is 0 Å². The second-order valence-corrected chi connectivity index (χ2v) is 3.70. The molecule has 1 saturated heterocycles. The zero-order valence-electron chi connectivity index (χ0n) is 8.90. The minimum Gasteiger partial charge on any atom is -0.367 e. The van der Waals surface area contributed by atoms with E-state index >= 15 is 0 Å². The molecule has 2 heterocycles. The molecule has 4 nitrogen and oxygen atoms in total. The Hall–Kier alpha value is -1.13. The summed E-state index contributed by atoms with van der Waals surface area (Å²) in [5, 5.41) is 0. The molecule has 0 aromatic carbocycles. The minimum atomic E-state index is -0.308. The number of carbonyl (C=O) groups is 1. The van der Waals surface area contributed by atoms with Crippen molar-refractivity contribution in [2.75, 3.05) is 26.2 Å². The summed E-state index contributed by atoms with van der Waals surface area (Å²) in [6.45, 7) is 5.34. The quantitative estimate of drug-likeness (QED) is 0.751. The normalized spacial score (nSPS) is 22.9. The number of nitrogens with one attached hydrogen (secondary N) is 1. The van der Waals surface area contributed by atoms with Crippen LogP contribution in [0.2, 0.25) is 0 Å². The fraction of sp³-hybridized carbons (Fsp3) is 0.545. The van der Waals surface area contributed by atoms with Gasteiger partial charge in [0.1, 0.15) is 6.10 Å². The Morgan fingerprint density at radius 3 is 3.27 bits per heavy atom. The number of hydrogen-bond donors (Lipinski definition) is 1. The Kier molecular flexibility index (Phi) is 3.18. The third-order valence-electron chi connectivity index (χ3n) is 2.75. The molecule has 4 heteroatoms. The molecule has 1 atom stereocenters. The first kappa shape index (κ1) is 10.4. The standard InChI is InChI=1S/C11H16N2O2/c1-2-13-6-7-15-10(8-13)11(14)9-4-3-5-12-9/h3-5,10,12H,2,6-8H2,1H3. The molecule has 0 spiro atoms. The average molecular weight is 208 g/mol. The molecule has 2 rings (SSSR count). The first-order valence-electron chi connectivity index (χ1n) is 5.33. The van der Waals surface area contributed by atoms with Crippen LogP contribution < -0.4 is 0 Å². The van der Waals surface area contributed by atoms with E-state index in [0.29, 0.717) is 18.8 Å². The maximum atomic E-state index is 11.9. The van der Waals surface area contributed by atoms with E-state index < -0.39 is 0 Å². The largest absolute Gasteiger partial charge is 0.367 e. The molecular formula is C11H16N2O2. The van der Waals surface area contributed by atoms with Gasteiger partial charge in [-0.15, -0.1) is 0 Å². The van der Waals surface area contributed by atoms with Gasteiger partial charge in [0, 0.05) is 19.3 Å². The van der Waals surface area contributed by atoms with Gasteiger partial charge in [-0.1, -0.05) is 6.92 Å². The summed E-state index contributed by atoms with van der Waals surface area (Å²) in [7, 11) is 0. The van der Waals surface area contributed by atoms with Crippen LogP contribution >= 0.6 is 0 Å². The highest BCUT2D eigenvalue weighted by Gasteiger charge is 2.26. The van der Waals surface area contributed by atoms with Gasteiger partial charge in [0.05, 0.1) is 12.3 Å². The number of hydrogen-bond acceptors (Lipinski definition) is 3. The van der Waals surface area contributed by atoms with Crippen molar-refractivity contribution in [2.24, 2.45) is 0 Å². The van der Waals surface area contributed by atoms with Crippen LogP contribution in [0.15, 0.2) is 18.3 Å². The van der Waals surface area contributed by atoms with Crippen molar-refractivity contribution in [3.8, 4) is 0 Å². The van der Waals surface area contributed by atoms with Crippen molar-refractivity contribution < 1.29 is 9.53 Å². The van der Waals surface area contributed by atoms with Crippen molar-refractivity contribution in [1.29, 1.82) is 0 Å². The second-order valence-electron chi connectivity index (χ2n) is 3.70. The molecule has 0 aliphatic carbocycles. The first-order valence-corrected chi connectivity index (χ1v) is 5.33. The number of carbonyl (C=O) groups excluding carboxylic acids is 1. The van der Waals surface area contributed by atoms with Gasteiger partial charge < -0.3 is 9.72 Å². The third-order valence-corrected chi connectivity index (χ3v) is 2.75. The summed E-state index contributed by atoms with van der Waals surface area (Å²) >= 11 is 0. The highest BCUT2D eigenvalue weighted by atomic mass is 16.5. The van der Waals surface area contributed by atoms with Gasteiger partial charge in [-0.25, -0.2) is 0 Å². The summed E-state index contributed by atoms with van der Waals surface area (Å²) in [5.41, 5.74) is 0.637. The zero-order valence-corrected chi connectivity index (χ0v) is 8.90. The lowest BCUT2D eigenvalue weighted by atomic mass is 10.1. The monoisotopic (exact) mass is 208 g/mol. The number of H-pyrrole nitrogens is 1. The average Bonchev–Trinajstić information content (AvgIpc) is 2.81. The predicted octanol–water partition coefficient (Wildman–Crippen LogP) is 0.918. The highest BCUT2D eigenvalue weighted by molar-refractivity contribution is 5.98. The first-order chi connectivity index (χ1) is 7.31. The van der Waals surface area contributed by atoms with Crippen molar-refractivity contribution in [3.05, 3.63) is 24.0 Å². The molecule has 1 unspecified atom stereocenters. The van der Waals surface area contributed by atoms with Crippen LogP contribution in [0.4, 0.5) is 0 Å². The van der Waals surface area contributed by atoms with Crippen LogP contribution in [0.25, 0.3) is 0 Å². The van der Waals surface area contributed by atoms with Crippen LogP contribution in [0.1, 0.15) is 17.4 Å². The van der Waals surface area contributed by atoms with Gasteiger partial charge in [0.25, 0.3) is 0 Å². The Balaban J connectivity index is 2.01. The van der Waals surface area contributed by atoms with Crippen molar-refractivity contribution >= 4 is 5.78 Å².